The molecule has 0 fully saturated rings. The summed E-state index contributed by atoms with van der Waals surface area (Å²) in [5.41, 5.74) is 1.88. The van der Waals surface area contributed by atoms with Crippen LogP contribution >= 0.6 is 11.6 Å². The van der Waals surface area contributed by atoms with E-state index in [2.05, 4.69) is 15.5 Å². The molecule has 5 nitrogen and oxygen atoms in total. The van der Waals surface area contributed by atoms with Crippen molar-refractivity contribution in [3.05, 3.63) is 47.5 Å². The largest absolute Gasteiger partial charge is 0.397 e. The second kappa shape index (κ2) is 6.12. The first-order chi connectivity index (χ1) is 11.3. The maximum atomic E-state index is 12.2. The average Bonchev–Trinajstić information content (AvgIpc) is 2.89. The van der Waals surface area contributed by atoms with Gasteiger partial charge in [-0.1, -0.05) is 11.6 Å². The highest BCUT2D eigenvalue weighted by Gasteiger charge is 2.31. The fraction of sp³-hybridized carbons (Fsp3) is 0.133. The van der Waals surface area contributed by atoms with Crippen molar-refractivity contribution in [2.75, 3.05) is 5.32 Å². The summed E-state index contributed by atoms with van der Waals surface area (Å²) in [6, 6.07) is 11.3. The van der Waals surface area contributed by atoms with Gasteiger partial charge in [-0.3, -0.25) is 4.79 Å². The van der Waals surface area contributed by atoms with Gasteiger partial charge in [0.1, 0.15) is 17.5 Å². The molecule has 1 heterocycles. The van der Waals surface area contributed by atoms with Crippen molar-refractivity contribution in [3.8, 4) is 5.69 Å². The van der Waals surface area contributed by atoms with E-state index in [9.17, 15) is 18.0 Å². The SMILES string of the molecule is O=C(CC(F)(F)F)Nc1ccc2nn(-c3ccc(Cl)cc3)nc2c1. The zero-order valence-corrected chi connectivity index (χ0v) is 12.8. The molecule has 0 radical (unpaired) electrons. The van der Waals surface area contributed by atoms with E-state index < -0.39 is 18.5 Å². The first-order valence-electron chi connectivity index (χ1n) is 6.80. The number of halogens is 4. The maximum Gasteiger partial charge on any atom is 0.397 e. The summed E-state index contributed by atoms with van der Waals surface area (Å²) in [5.74, 6) is -1.13. The van der Waals surface area contributed by atoms with Crippen LogP contribution < -0.4 is 5.32 Å². The number of nitrogens with one attached hydrogen (secondary N) is 1. The molecular weight excluding hydrogens is 345 g/mol. The Morgan fingerprint density at radius 1 is 1.08 bits per heavy atom. The molecule has 0 aliphatic heterocycles. The van der Waals surface area contributed by atoms with Gasteiger partial charge in [-0.15, -0.1) is 10.2 Å². The van der Waals surface area contributed by atoms with E-state index >= 15 is 0 Å². The summed E-state index contributed by atoms with van der Waals surface area (Å²) in [5, 5.41) is 11.3. The van der Waals surface area contributed by atoms with Gasteiger partial charge in [-0.2, -0.15) is 18.0 Å². The molecule has 0 unspecified atom stereocenters. The number of carbonyl (C=O) groups excluding carboxylic acids is 1. The minimum Gasteiger partial charge on any atom is -0.326 e. The first-order valence-corrected chi connectivity index (χ1v) is 7.18. The lowest BCUT2D eigenvalue weighted by molar-refractivity contribution is -0.150. The topological polar surface area (TPSA) is 59.8 Å². The Balaban J connectivity index is 1.84. The highest BCUT2D eigenvalue weighted by molar-refractivity contribution is 6.30. The van der Waals surface area contributed by atoms with Crippen LogP contribution in [0.25, 0.3) is 16.7 Å². The quantitative estimate of drug-likeness (QED) is 0.774. The number of hydrogen-bond donors (Lipinski definition) is 1. The molecule has 0 aliphatic carbocycles. The number of nitrogens with zero attached hydrogens (tertiary/aromatic N) is 3. The molecule has 0 spiro atoms. The highest BCUT2D eigenvalue weighted by atomic mass is 35.5. The van der Waals surface area contributed by atoms with E-state index in [0.29, 0.717) is 21.7 Å². The van der Waals surface area contributed by atoms with E-state index in [-0.39, 0.29) is 5.69 Å². The lowest BCUT2D eigenvalue weighted by Crippen LogP contribution is -2.21. The van der Waals surface area contributed by atoms with Crippen molar-refractivity contribution >= 4 is 34.2 Å². The fourth-order valence-corrected chi connectivity index (χ4v) is 2.20. The van der Waals surface area contributed by atoms with Gasteiger partial charge in [-0.05, 0) is 42.5 Å². The summed E-state index contributed by atoms with van der Waals surface area (Å²) >= 11 is 5.82. The van der Waals surface area contributed by atoms with E-state index in [1.165, 1.54) is 16.9 Å². The van der Waals surface area contributed by atoms with E-state index in [0.717, 1.165) is 0 Å². The molecule has 1 aromatic heterocycles. The monoisotopic (exact) mass is 354 g/mol. The lowest BCUT2D eigenvalue weighted by Gasteiger charge is -2.07. The predicted octanol–water partition coefficient (Wildman–Crippen LogP) is 3.96. The predicted molar refractivity (Wildman–Crippen MR) is 83.2 cm³/mol. The molecule has 2 aromatic carbocycles. The number of hydrogen-bond acceptors (Lipinski definition) is 3. The van der Waals surface area contributed by atoms with Crippen LogP contribution in [-0.4, -0.2) is 27.1 Å². The molecule has 0 bridgehead atoms. The summed E-state index contributed by atoms with van der Waals surface area (Å²) in [7, 11) is 0. The second-order valence-corrected chi connectivity index (χ2v) is 5.45. The van der Waals surface area contributed by atoms with Gasteiger partial charge in [0.2, 0.25) is 5.91 Å². The number of fused-ring (bicyclic) bond motifs is 1. The van der Waals surface area contributed by atoms with Crippen LogP contribution in [0.3, 0.4) is 0 Å². The van der Waals surface area contributed by atoms with Gasteiger partial charge < -0.3 is 5.32 Å². The van der Waals surface area contributed by atoms with Gasteiger partial charge in [0, 0.05) is 10.7 Å². The summed E-state index contributed by atoms with van der Waals surface area (Å²) in [6.07, 6.45) is -6.09. The Bertz CT molecular complexity index is 890. The second-order valence-electron chi connectivity index (χ2n) is 5.01. The van der Waals surface area contributed by atoms with Crippen LogP contribution in [0.5, 0.6) is 0 Å². The third-order valence-electron chi connectivity index (χ3n) is 3.08. The van der Waals surface area contributed by atoms with Crippen LogP contribution in [-0.2, 0) is 4.79 Å². The van der Waals surface area contributed by atoms with Gasteiger partial charge >= 0.3 is 6.18 Å². The summed E-state index contributed by atoms with van der Waals surface area (Å²) < 4.78 is 36.6. The van der Waals surface area contributed by atoms with Crippen molar-refractivity contribution < 1.29 is 18.0 Å². The number of carbonyl (C=O) groups is 1. The minimum atomic E-state index is -4.55. The summed E-state index contributed by atoms with van der Waals surface area (Å²) in [6.45, 7) is 0. The van der Waals surface area contributed by atoms with E-state index in [4.69, 9.17) is 11.6 Å². The van der Waals surface area contributed by atoms with Gasteiger partial charge in [-0.25, -0.2) is 0 Å². The molecule has 0 saturated heterocycles. The average molecular weight is 355 g/mol. The van der Waals surface area contributed by atoms with Crippen molar-refractivity contribution in [1.29, 1.82) is 0 Å². The molecule has 0 saturated carbocycles. The number of alkyl halides is 3. The normalized spacial score (nSPS) is 11.7. The van der Waals surface area contributed by atoms with Crippen LogP contribution in [0.15, 0.2) is 42.5 Å². The zero-order chi connectivity index (χ0) is 17.3. The molecule has 124 valence electrons. The van der Waals surface area contributed by atoms with Crippen molar-refractivity contribution in [2.45, 2.75) is 12.6 Å². The number of anilines is 1. The van der Waals surface area contributed by atoms with Crippen LogP contribution in [0.2, 0.25) is 5.02 Å². The van der Waals surface area contributed by atoms with E-state index in [1.807, 2.05) is 0 Å². The molecular formula is C15H10ClF3N4O. The standard InChI is InChI=1S/C15H10ClF3N4O/c16-9-1-4-11(5-2-9)23-21-12-6-3-10(7-13(12)22-23)20-14(24)8-15(17,18)19/h1-7H,8H2,(H,20,24). The number of rotatable bonds is 3. The Morgan fingerprint density at radius 3 is 2.42 bits per heavy atom. The first kappa shape index (κ1) is 16.3. The van der Waals surface area contributed by atoms with Crippen molar-refractivity contribution in [2.24, 2.45) is 0 Å². The minimum absolute atomic E-state index is 0.222. The molecule has 3 rings (SSSR count). The Labute approximate surface area is 139 Å². The van der Waals surface area contributed by atoms with Crippen LogP contribution in [0, 0.1) is 0 Å². The number of amides is 1. The Kier molecular flexibility index (Phi) is 4.15. The van der Waals surface area contributed by atoms with Crippen molar-refractivity contribution in [3.63, 3.8) is 0 Å². The lowest BCUT2D eigenvalue weighted by atomic mass is 10.2. The Hall–Kier alpha value is -2.61. The third kappa shape index (κ3) is 3.83. The van der Waals surface area contributed by atoms with Crippen LogP contribution in [0.4, 0.5) is 18.9 Å². The maximum absolute atomic E-state index is 12.2. The smallest absolute Gasteiger partial charge is 0.326 e. The number of aromatic nitrogens is 3. The zero-order valence-electron chi connectivity index (χ0n) is 12.0. The van der Waals surface area contributed by atoms with Gasteiger partial charge in [0.05, 0.1) is 5.69 Å². The fourth-order valence-electron chi connectivity index (χ4n) is 2.07. The third-order valence-corrected chi connectivity index (χ3v) is 3.33. The molecule has 0 aliphatic rings. The van der Waals surface area contributed by atoms with Crippen molar-refractivity contribution in [1.82, 2.24) is 15.0 Å². The van der Waals surface area contributed by atoms with Crippen LogP contribution in [0.1, 0.15) is 6.42 Å². The Morgan fingerprint density at radius 2 is 1.75 bits per heavy atom. The molecule has 24 heavy (non-hydrogen) atoms. The highest BCUT2D eigenvalue weighted by Crippen LogP contribution is 2.22. The van der Waals surface area contributed by atoms with E-state index in [1.54, 1.807) is 30.3 Å². The van der Waals surface area contributed by atoms with Gasteiger partial charge in [0.25, 0.3) is 0 Å². The molecule has 1 N–H and O–H groups in total. The van der Waals surface area contributed by atoms with Gasteiger partial charge in [0.15, 0.2) is 0 Å². The molecule has 1 amide bonds. The molecule has 9 heteroatoms. The molecule has 0 atom stereocenters. The number of benzene rings is 2. The molecule has 3 aromatic rings. The summed E-state index contributed by atoms with van der Waals surface area (Å²) in [4.78, 5) is 12.7.